The lowest BCUT2D eigenvalue weighted by Crippen LogP contribution is -2.45. The van der Waals surface area contributed by atoms with Crippen molar-refractivity contribution in [2.45, 2.75) is 71.2 Å². The Morgan fingerprint density at radius 1 is 1.41 bits per heavy atom. The van der Waals surface area contributed by atoms with Gasteiger partial charge in [-0.15, -0.1) is 11.3 Å². The molecule has 2 aromatic heterocycles. The Morgan fingerprint density at radius 2 is 2.22 bits per heavy atom. The normalized spacial score (nSPS) is 23.2. The minimum Gasteiger partial charge on any atom is -0.391 e. The summed E-state index contributed by atoms with van der Waals surface area (Å²) in [7, 11) is 0. The summed E-state index contributed by atoms with van der Waals surface area (Å²) in [6.45, 7) is 6.53. The van der Waals surface area contributed by atoms with Gasteiger partial charge in [0.05, 0.1) is 23.4 Å². The van der Waals surface area contributed by atoms with Gasteiger partial charge in [0.1, 0.15) is 5.76 Å². The number of hydrogen-bond acceptors (Lipinski definition) is 6. The molecule has 0 bridgehead atoms. The largest absolute Gasteiger partial charge is 0.391 e. The number of amides is 1. The van der Waals surface area contributed by atoms with Crippen LogP contribution in [0.2, 0.25) is 0 Å². The second-order valence-electron chi connectivity index (χ2n) is 7.75. The number of fused-ring (bicyclic) bond motifs is 1. The summed E-state index contributed by atoms with van der Waals surface area (Å²) in [6.07, 6.45) is 4.22. The van der Waals surface area contributed by atoms with Gasteiger partial charge >= 0.3 is 0 Å². The van der Waals surface area contributed by atoms with Crippen LogP contribution in [0.5, 0.6) is 0 Å². The molecule has 27 heavy (non-hydrogen) atoms. The van der Waals surface area contributed by atoms with Gasteiger partial charge in [-0.25, -0.2) is 0 Å². The van der Waals surface area contributed by atoms with Gasteiger partial charge in [0, 0.05) is 35.5 Å². The molecule has 1 saturated carbocycles. The smallest absolute Gasteiger partial charge is 0.252 e. The van der Waals surface area contributed by atoms with E-state index in [1.54, 1.807) is 11.3 Å². The third-order valence-electron chi connectivity index (χ3n) is 5.88. The van der Waals surface area contributed by atoms with Crippen LogP contribution in [0.4, 0.5) is 0 Å². The lowest BCUT2D eigenvalue weighted by molar-refractivity contribution is 0.0716. The monoisotopic (exact) mass is 389 g/mol. The van der Waals surface area contributed by atoms with E-state index in [0.29, 0.717) is 0 Å². The molecule has 6 nitrogen and oxygen atoms in total. The first-order chi connectivity index (χ1) is 13.0. The Balaban J connectivity index is 1.43. The fraction of sp³-hybridized carbons (Fsp3) is 0.600. The summed E-state index contributed by atoms with van der Waals surface area (Å²) in [5, 5.41) is 19.2. The van der Waals surface area contributed by atoms with Gasteiger partial charge in [-0.1, -0.05) is 18.0 Å². The lowest BCUT2D eigenvalue weighted by atomic mass is 9.92. The average Bonchev–Trinajstić information content (AvgIpc) is 3.21. The maximum Gasteiger partial charge on any atom is 0.252 e. The number of aryl methyl sites for hydroxylation is 2. The molecule has 0 aromatic carbocycles. The van der Waals surface area contributed by atoms with E-state index in [0.717, 1.165) is 68.8 Å². The maximum atomic E-state index is 12.8. The summed E-state index contributed by atoms with van der Waals surface area (Å²) in [6, 6.07) is -0.110. The first-order valence-corrected chi connectivity index (χ1v) is 10.6. The molecule has 1 fully saturated rings. The van der Waals surface area contributed by atoms with Crippen molar-refractivity contribution in [2.75, 3.05) is 6.54 Å². The highest BCUT2D eigenvalue weighted by atomic mass is 32.1. The van der Waals surface area contributed by atoms with Crippen LogP contribution in [0.3, 0.4) is 0 Å². The first-order valence-electron chi connectivity index (χ1n) is 9.75. The second-order valence-corrected chi connectivity index (χ2v) is 8.71. The van der Waals surface area contributed by atoms with E-state index in [2.05, 4.69) is 15.4 Å². The van der Waals surface area contributed by atoms with Crippen LogP contribution in [0.1, 0.15) is 63.5 Å². The quantitative estimate of drug-likeness (QED) is 0.841. The van der Waals surface area contributed by atoms with Gasteiger partial charge in [0.15, 0.2) is 0 Å². The zero-order chi connectivity index (χ0) is 19.0. The molecule has 0 radical (unpaired) electrons. The van der Waals surface area contributed by atoms with Gasteiger partial charge in [-0.3, -0.25) is 9.69 Å². The third-order valence-corrected chi connectivity index (χ3v) is 6.89. The standard InChI is InChI=1S/C20H27N3O3S/c1-12-15(13(2)26-22-12)9-23-8-7-14-16(11-27-19(14)10-23)20(25)21-17-5-3-4-6-18(17)24/h11,17-18,24H,3-10H2,1-2H3,(H,21,25)/t17-,18-/m1/s1. The van der Waals surface area contributed by atoms with Crippen LogP contribution >= 0.6 is 11.3 Å². The van der Waals surface area contributed by atoms with Crippen molar-refractivity contribution < 1.29 is 14.4 Å². The van der Waals surface area contributed by atoms with Gasteiger partial charge in [0.25, 0.3) is 5.91 Å². The number of nitrogens with one attached hydrogen (secondary N) is 1. The third kappa shape index (κ3) is 3.81. The molecule has 2 atom stereocenters. The zero-order valence-electron chi connectivity index (χ0n) is 16.0. The predicted octanol–water partition coefficient (Wildman–Crippen LogP) is 2.94. The Bertz CT molecular complexity index is 809. The van der Waals surface area contributed by atoms with E-state index in [4.69, 9.17) is 4.52 Å². The van der Waals surface area contributed by atoms with E-state index in [-0.39, 0.29) is 11.9 Å². The summed E-state index contributed by atoms with van der Waals surface area (Å²) < 4.78 is 5.28. The van der Waals surface area contributed by atoms with E-state index < -0.39 is 6.10 Å². The Kier molecular flexibility index (Phi) is 5.34. The van der Waals surface area contributed by atoms with Gasteiger partial charge in [-0.2, -0.15) is 0 Å². The molecule has 146 valence electrons. The number of carbonyl (C=O) groups is 1. The van der Waals surface area contributed by atoms with Crippen molar-refractivity contribution in [1.82, 2.24) is 15.4 Å². The predicted molar refractivity (Wildman–Crippen MR) is 104 cm³/mol. The van der Waals surface area contributed by atoms with Gasteiger partial charge < -0.3 is 14.9 Å². The van der Waals surface area contributed by atoms with Crippen molar-refractivity contribution >= 4 is 17.2 Å². The van der Waals surface area contributed by atoms with E-state index >= 15 is 0 Å². The molecular formula is C20H27N3O3S. The van der Waals surface area contributed by atoms with Crippen LogP contribution < -0.4 is 5.32 Å². The molecular weight excluding hydrogens is 362 g/mol. The fourth-order valence-electron chi connectivity index (χ4n) is 4.18. The van der Waals surface area contributed by atoms with Crippen molar-refractivity contribution in [1.29, 1.82) is 0 Å². The SMILES string of the molecule is Cc1noc(C)c1CN1CCc2c(C(=O)N[C@@H]3CCCC[C@H]3O)csc2C1. The zero-order valence-corrected chi connectivity index (χ0v) is 16.8. The van der Waals surface area contributed by atoms with Crippen LogP contribution in [-0.2, 0) is 19.5 Å². The molecule has 3 heterocycles. The topological polar surface area (TPSA) is 78.6 Å². The molecule has 1 aliphatic heterocycles. The molecule has 0 spiro atoms. The number of hydrogen-bond donors (Lipinski definition) is 2. The minimum absolute atomic E-state index is 0.0300. The number of nitrogens with zero attached hydrogens (tertiary/aromatic N) is 2. The molecule has 4 rings (SSSR count). The number of aromatic nitrogens is 1. The number of thiophene rings is 1. The van der Waals surface area contributed by atoms with Crippen molar-refractivity contribution in [3.8, 4) is 0 Å². The van der Waals surface area contributed by atoms with Crippen molar-refractivity contribution in [3.05, 3.63) is 38.4 Å². The molecule has 1 aliphatic carbocycles. The highest BCUT2D eigenvalue weighted by molar-refractivity contribution is 7.10. The minimum atomic E-state index is -0.414. The molecule has 0 saturated heterocycles. The Hall–Kier alpha value is -1.70. The Morgan fingerprint density at radius 3 is 2.96 bits per heavy atom. The van der Waals surface area contributed by atoms with Crippen LogP contribution in [0, 0.1) is 13.8 Å². The molecule has 0 unspecified atom stereocenters. The van der Waals surface area contributed by atoms with Crippen molar-refractivity contribution in [2.24, 2.45) is 0 Å². The molecule has 2 aromatic rings. The second kappa shape index (κ2) is 7.73. The summed E-state index contributed by atoms with van der Waals surface area (Å²) in [5.74, 6) is 0.855. The van der Waals surface area contributed by atoms with Crippen LogP contribution in [-0.4, -0.2) is 39.8 Å². The number of aliphatic hydroxyl groups is 1. The fourth-order valence-corrected chi connectivity index (χ4v) is 5.30. The highest BCUT2D eigenvalue weighted by Crippen LogP contribution is 2.30. The highest BCUT2D eigenvalue weighted by Gasteiger charge is 2.28. The number of rotatable bonds is 4. The Labute approximate surface area is 163 Å². The molecule has 7 heteroatoms. The van der Waals surface area contributed by atoms with Gasteiger partial charge in [0.2, 0.25) is 0 Å². The molecule has 2 N–H and O–H groups in total. The van der Waals surface area contributed by atoms with Crippen LogP contribution in [0.15, 0.2) is 9.90 Å². The van der Waals surface area contributed by atoms with E-state index in [1.807, 2.05) is 19.2 Å². The average molecular weight is 390 g/mol. The maximum absolute atomic E-state index is 12.8. The molecule has 2 aliphatic rings. The number of aliphatic hydroxyl groups excluding tert-OH is 1. The summed E-state index contributed by atoms with van der Waals surface area (Å²) in [5.41, 5.74) is 4.09. The number of carbonyl (C=O) groups excluding carboxylic acids is 1. The first kappa shape index (κ1) is 18.7. The summed E-state index contributed by atoms with van der Waals surface area (Å²) in [4.78, 5) is 16.4. The van der Waals surface area contributed by atoms with Gasteiger partial charge in [-0.05, 0) is 38.7 Å². The summed E-state index contributed by atoms with van der Waals surface area (Å²) >= 11 is 1.66. The van der Waals surface area contributed by atoms with E-state index in [1.165, 1.54) is 16.0 Å². The van der Waals surface area contributed by atoms with E-state index in [9.17, 15) is 9.90 Å². The van der Waals surface area contributed by atoms with Crippen LogP contribution in [0.25, 0.3) is 0 Å². The molecule has 1 amide bonds. The lowest BCUT2D eigenvalue weighted by Gasteiger charge is -2.29. The van der Waals surface area contributed by atoms with Crippen molar-refractivity contribution in [3.63, 3.8) is 0 Å².